The molecule has 2 heterocycles. The number of rotatable bonds is 10. The molecule has 0 radical (unpaired) electrons. The molecule has 0 aliphatic carbocycles. The summed E-state index contributed by atoms with van der Waals surface area (Å²) in [6.07, 6.45) is 6.45. The van der Waals surface area contributed by atoms with Crippen LogP contribution in [0.25, 0.3) is 0 Å². The number of unbranched alkanes of at least 4 members (excludes halogenated alkanes) is 5. The highest BCUT2D eigenvalue weighted by molar-refractivity contribution is 6.07. The Morgan fingerprint density at radius 1 is 1.15 bits per heavy atom. The molecule has 7 heteroatoms. The van der Waals surface area contributed by atoms with Gasteiger partial charge in [-0.1, -0.05) is 25.7 Å². The highest BCUT2D eigenvalue weighted by Crippen LogP contribution is 2.31. The molecule has 1 fully saturated rings. The van der Waals surface area contributed by atoms with E-state index in [0.29, 0.717) is 19.1 Å². The minimum absolute atomic E-state index is 0.213. The van der Waals surface area contributed by atoms with Gasteiger partial charge in [-0.2, -0.15) is 0 Å². The second kappa shape index (κ2) is 9.00. The lowest BCUT2D eigenvalue weighted by Gasteiger charge is -2.27. The molecular weight excluding hydrogens is 334 g/mol. The number of ether oxygens (including phenoxy) is 1. The van der Waals surface area contributed by atoms with Crippen molar-refractivity contribution in [3.63, 3.8) is 0 Å². The van der Waals surface area contributed by atoms with Crippen molar-refractivity contribution in [2.45, 2.75) is 51.1 Å². The molecule has 0 bridgehead atoms. The van der Waals surface area contributed by atoms with E-state index >= 15 is 0 Å². The van der Waals surface area contributed by atoms with Gasteiger partial charge in [0, 0.05) is 18.7 Å². The fourth-order valence-corrected chi connectivity index (χ4v) is 3.31. The molecule has 7 nitrogen and oxygen atoms in total. The monoisotopic (exact) mass is 361 g/mol. The van der Waals surface area contributed by atoms with Crippen molar-refractivity contribution in [1.82, 2.24) is 10.2 Å². The summed E-state index contributed by atoms with van der Waals surface area (Å²) in [6.45, 7) is 1.26. The molecule has 26 heavy (non-hydrogen) atoms. The molecule has 1 unspecified atom stereocenters. The first-order valence-corrected chi connectivity index (χ1v) is 9.36. The van der Waals surface area contributed by atoms with Gasteiger partial charge < -0.3 is 19.8 Å². The Balaban J connectivity index is 1.49. The molecule has 3 rings (SSSR count). The molecule has 0 saturated carbocycles. The highest BCUT2D eigenvalue weighted by atomic mass is 16.5. The summed E-state index contributed by atoms with van der Waals surface area (Å²) in [4.78, 5) is 18.1. The fourth-order valence-electron chi connectivity index (χ4n) is 3.31. The van der Waals surface area contributed by atoms with E-state index in [9.17, 15) is 9.90 Å². The van der Waals surface area contributed by atoms with E-state index in [1.54, 1.807) is 4.90 Å². The first kappa shape index (κ1) is 18.7. The van der Waals surface area contributed by atoms with E-state index in [1.165, 1.54) is 6.42 Å². The van der Waals surface area contributed by atoms with Crippen LogP contribution in [0.4, 0.5) is 5.69 Å². The second-order valence-electron chi connectivity index (χ2n) is 6.73. The molecule has 2 aliphatic heterocycles. The second-order valence-corrected chi connectivity index (χ2v) is 6.73. The summed E-state index contributed by atoms with van der Waals surface area (Å²) in [5.41, 5.74) is 1.82. The molecular formula is C19H27N3O4. The lowest BCUT2D eigenvalue weighted by Crippen LogP contribution is -2.39. The van der Waals surface area contributed by atoms with Gasteiger partial charge >= 0.3 is 0 Å². The number of hydrogen-bond donors (Lipinski definition) is 3. The number of aliphatic hydroxyl groups is 2. The summed E-state index contributed by atoms with van der Waals surface area (Å²) >= 11 is 0. The fraction of sp³-hybridized carbons (Fsp3) is 0.579. The maximum atomic E-state index is 11.8. The molecule has 0 spiro atoms. The van der Waals surface area contributed by atoms with Crippen molar-refractivity contribution in [3.05, 3.63) is 23.8 Å². The number of nitrogens with one attached hydrogen (secondary N) is 1. The summed E-state index contributed by atoms with van der Waals surface area (Å²) in [5, 5.41) is 20.9. The van der Waals surface area contributed by atoms with Crippen molar-refractivity contribution in [1.29, 1.82) is 0 Å². The van der Waals surface area contributed by atoms with Gasteiger partial charge in [-0.3, -0.25) is 10.1 Å². The van der Waals surface area contributed by atoms with E-state index in [2.05, 4.69) is 10.3 Å². The predicted octanol–water partition coefficient (Wildman–Crippen LogP) is 1.69. The smallest absolute Gasteiger partial charge is 0.251 e. The summed E-state index contributed by atoms with van der Waals surface area (Å²) < 4.78 is 5.85. The lowest BCUT2D eigenvalue weighted by atomic mass is 10.1. The van der Waals surface area contributed by atoms with Crippen LogP contribution in [-0.4, -0.2) is 52.8 Å². The Bertz CT molecular complexity index is 662. The van der Waals surface area contributed by atoms with E-state index in [-0.39, 0.29) is 19.1 Å². The number of aliphatic imine (C=N–C) groups is 1. The predicted molar refractivity (Wildman–Crippen MR) is 98.4 cm³/mol. The molecule has 1 amide bonds. The van der Waals surface area contributed by atoms with Crippen molar-refractivity contribution >= 4 is 17.6 Å². The molecule has 1 aromatic carbocycles. The number of amides is 1. The van der Waals surface area contributed by atoms with Gasteiger partial charge in [0.25, 0.3) is 5.91 Å². The largest absolute Gasteiger partial charge is 0.494 e. The number of carbonyl (C=O) groups excluding carboxylic acids is 1. The number of aliphatic hydroxyl groups excluding tert-OH is 2. The Hall–Kier alpha value is -2.12. The van der Waals surface area contributed by atoms with E-state index in [4.69, 9.17) is 9.84 Å². The third-order valence-electron chi connectivity index (χ3n) is 4.80. The van der Waals surface area contributed by atoms with E-state index in [0.717, 1.165) is 49.1 Å². The van der Waals surface area contributed by atoms with Crippen molar-refractivity contribution in [3.8, 4) is 5.75 Å². The van der Waals surface area contributed by atoms with E-state index < -0.39 is 6.04 Å². The normalized spacial score (nSPS) is 18.2. The Morgan fingerprint density at radius 3 is 2.69 bits per heavy atom. The summed E-state index contributed by atoms with van der Waals surface area (Å²) in [5.74, 6) is 1.10. The zero-order chi connectivity index (χ0) is 18.4. The van der Waals surface area contributed by atoms with Crippen LogP contribution < -0.4 is 10.1 Å². The number of hydrogen-bond acceptors (Lipinski definition) is 6. The maximum Gasteiger partial charge on any atom is 0.251 e. The first-order chi connectivity index (χ1) is 12.7. The van der Waals surface area contributed by atoms with Crippen LogP contribution in [0.15, 0.2) is 23.2 Å². The third-order valence-corrected chi connectivity index (χ3v) is 4.80. The van der Waals surface area contributed by atoms with Crippen LogP contribution in [0.5, 0.6) is 5.75 Å². The van der Waals surface area contributed by atoms with Crippen LogP contribution >= 0.6 is 0 Å². The zero-order valence-electron chi connectivity index (χ0n) is 15.0. The summed E-state index contributed by atoms with van der Waals surface area (Å²) in [6, 6.07) is 5.20. The molecule has 142 valence electrons. The van der Waals surface area contributed by atoms with Gasteiger partial charge in [-0.15, -0.1) is 0 Å². The third kappa shape index (κ3) is 4.34. The quantitative estimate of drug-likeness (QED) is 0.552. The van der Waals surface area contributed by atoms with Gasteiger partial charge in [-0.25, -0.2) is 4.99 Å². The Labute approximate surface area is 153 Å². The molecule has 1 aromatic rings. The van der Waals surface area contributed by atoms with Crippen LogP contribution in [0.2, 0.25) is 0 Å². The molecule has 1 atom stereocenters. The Kier molecular flexibility index (Phi) is 6.46. The number of carbonyl (C=O) groups is 1. The van der Waals surface area contributed by atoms with Crippen LogP contribution in [0.3, 0.4) is 0 Å². The number of nitrogens with zero attached hydrogens (tertiary/aromatic N) is 2. The average molecular weight is 361 g/mol. The maximum absolute atomic E-state index is 11.8. The molecule has 3 N–H and O–H groups in total. The number of fused-ring (bicyclic) bond motifs is 2. The van der Waals surface area contributed by atoms with Crippen molar-refractivity contribution in [2.24, 2.45) is 4.99 Å². The molecule has 1 saturated heterocycles. The average Bonchev–Trinajstić information content (AvgIpc) is 2.95. The summed E-state index contributed by atoms with van der Waals surface area (Å²) in [7, 11) is 0. The van der Waals surface area contributed by atoms with Crippen LogP contribution in [-0.2, 0) is 11.3 Å². The number of guanidine groups is 1. The van der Waals surface area contributed by atoms with Crippen molar-refractivity contribution < 1.29 is 19.7 Å². The first-order valence-electron chi connectivity index (χ1n) is 9.36. The Morgan fingerprint density at radius 2 is 1.92 bits per heavy atom. The minimum Gasteiger partial charge on any atom is -0.494 e. The molecule has 2 aliphatic rings. The molecule has 0 aromatic heterocycles. The zero-order valence-corrected chi connectivity index (χ0v) is 15.0. The van der Waals surface area contributed by atoms with Gasteiger partial charge in [-0.05, 0) is 31.0 Å². The van der Waals surface area contributed by atoms with Crippen molar-refractivity contribution in [2.75, 3.05) is 19.8 Å². The van der Waals surface area contributed by atoms with Crippen LogP contribution in [0.1, 0.15) is 44.1 Å². The number of benzene rings is 1. The van der Waals surface area contributed by atoms with Gasteiger partial charge in [0.15, 0.2) is 0 Å². The standard InChI is InChI=1S/C19H27N3O4/c23-9-5-3-1-2-4-6-10-26-15-7-8-16-14(11-15)12-22-17(13-24)18(25)21-19(22)20-16/h7-8,11,17,23-24H,1-6,9-10,12-13H2,(H,20,21,25). The minimum atomic E-state index is -0.572. The SMILES string of the molecule is O=C1NC2=Nc3ccc(OCCCCCCCCO)cc3CN2C1CO. The van der Waals surface area contributed by atoms with E-state index in [1.807, 2.05) is 18.2 Å². The highest BCUT2D eigenvalue weighted by Gasteiger charge is 2.38. The van der Waals surface area contributed by atoms with Crippen LogP contribution in [0, 0.1) is 0 Å². The topological polar surface area (TPSA) is 94.4 Å². The van der Waals surface area contributed by atoms with Gasteiger partial charge in [0.2, 0.25) is 5.96 Å². The van der Waals surface area contributed by atoms with Gasteiger partial charge in [0.1, 0.15) is 11.8 Å². The van der Waals surface area contributed by atoms with Gasteiger partial charge in [0.05, 0.1) is 18.9 Å². The lowest BCUT2D eigenvalue weighted by molar-refractivity contribution is -0.122.